The zero-order valence-corrected chi connectivity index (χ0v) is 11.3. The van der Waals surface area contributed by atoms with E-state index in [4.69, 9.17) is 0 Å². The van der Waals surface area contributed by atoms with Crippen LogP contribution >= 0.6 is 0 Å². The van der Waals surface area contributed by atoms with Gasteiger partial charge in [-0.3, -0.25) is 9.78 Å². The lowest BCUT2D eigenvalue weighted by Crippen LogP contribution is -2.45. The summed E-state index contributed by atoms with van der Waals surface area (Å²) in [6, 6.07) is 2.04. The topological polar surface area (TPSA) is 33.2 Å². The molecule has 2 unspecified atom stereocenters. The van der Waals surface area contributed by atoms with Gasteiger partial charge in [0.2, 0.25) is 0 Å². The molecule has 0 radical (unpaired) electrons. The number of rotatable bonds is 1. The van der Waals surface area contributed by atoms with Crippen molar-refractivity contribution in [2.45, 2.75) is 50.6 Å². The Hall–Kier alpha value is -1.71. The van der Waals surface area contributed by atoms with Gasteiger partial charge in [-0.05, 0) is 44.6 Å². The molecule has 0 spiro atoms. The molecule has 1 aromatic heterocycles. The lowest BCUT2D eigenvalue weighted by Gasteiger charge is -2.36. The van der Waals surface area contributed by atoms with Crippen LogP contribution in [0.5, 0.6) is 0 Å². The number of fused-ring (bicyclic) bond motifs is 2. The van der Waals surface area contributed by atoms with Gasteiger partial charge in [-0.25, -0.2) is 4.39 Å². The van der Waals surface area contributed by atoms with Crippen LogP contribution in [0, 0.1) is 5.82 Å². The molecule has 1 aromatic rings. The first-order valence-electron chi connectivity index (χ1n) is 7.36. The molecule has 3 fully saturated rings. The zero-order chi connectivity index (χ0) is 13.7. The quantitative estimate of drug-likeness (QED) is 0.736. The largest absolute Gasteiger partial charge is 0.332 e. The van der Waals surface area contributed by atoms with Crippen LogP contribution in [-0.2, 0) is 0 Å². The van der Waals surface area contributed by atoms with Gasteiger partial charge in [-0.2, -0.15) is 0 Å². The molecule has 104 valence electrons. The summed E-state index contributed by atoms with van der Waals surface area (Å²) in [5, 5.41) is 0. The molecule has 2 bridgehead atoms. The minimum atomic E-state index is -0.511. The van der Waals surface area contributed by atoms with Crippen molar-refractivity contribution >= 4 is 5.91 Å². The minimum Gasteiger partial charge on any atom is -0.332 e. The average molecular weight is 272 g/mol. The highest BCUT2D eigenvalue weighted by Crippen LogP contribution is 2.45. The number of amides is 1. The molecular weight excluding hydrogens is 255 g/mol. The summed E-state index contributed by atoms with van der Waals surface area (Å²) in [6.45, 7) is 0. The molecular formula is C16H17FN2O. The highest BCUT2D eigenvalue weighted by Gasteiger charge is 2.43. The molecule has 3 nitrogen and oxygen atoms in total. The molecule has 0 aromatic carbocycles. The number of pyridine rings is 1. The second-order valence-corrected chi connectivity index (χ2v) is 6.07. The third-order valence-corrected chi connectivity index (χ3v) is 4.82. The summed E-state index contributed by atoms with van der Waals surface area (Å²) in [4.78, 5) is 18.3. The van der Waals surface area contributed by atoms with Gasteiger partial charge in [0.25, 0.3) is 5.91 Å². The second kappa shape index (κ2) is 4.40. The van der Waals surface area contributed by atoms with E-state index in [-0.39, 0.29) is 23.6 Å². The number of carbonyl (C=O) groups is 1. The Morgan fingerprint density at radius 3 is 2.50 bits per heavy atom. The molecule has 1 aliphatic carbocycles. The van der Waals surface area contributed by atoms with Crippen molar-refractivity contribution in [3.63, 3.8) is 0 Å². The van der Waals surface area contributed by atoms with Crippen LogP contribution in [0.4, 0.5) is 4.39 Å². The van der Waals surface area contributed by atoms with E-state index in [2.05, 4.69) is 4.98 Å². The summed E-state index contributed by atoms with van der Waals surface area (Å²) in [5.41, 5.74) is 3.36. The number of hydrogen-bond donors (Lipinski definition) is 0. The summed E-state index contributed by atoms with van der Waals surface area (Å²) >= 11 is 0. The molecule has 2 aliphatic heterocycles. The van der Waals surface area contributed by atoms with Crippen LogP contribution in [0.2, 0.25) is 0 Å². The van der Waals surface area contributed by atoms with Crippen LogP contribution in [0.15, 0.2) is 29.6 Å². The molecule has 4 heteroatoms. The predicted molar refractivity (Wildman–Crippen MR) is 72.7 cm³/mol. The maximum atomic E-state index is 13.8. The van der Waals surface area contributed by atoms with Crippen LogP contribution in [0.3, 0.4) is 0 Å². The predicted octanol–water partition coefficient (Wildman–Crippen LogP) is 3.08. The second-order valence-electron chi connectivity index (χ2n) is 6.07. The number of nitrogens with zero attached hydrogens (tertiary/aromatic N) is 2. The Bertz CT molecular complexity index is 588. The number of allylic oxidation sites excluding steroid dienone is 1. The van der Waals surface area contributed by atoms with E-state index >= 15 is 0 Å². The van der Waals surface area contributed by atoms with Gasteiger partial charge in [-0.15, -0.1) is 0 Å². The third kappa shape index (κ3) is 1.86. The average Bonchev–Trinajstić information content (AvgIpc) is 3.25. The number of aromatic nitrogens is 1. The molecule has 4 rings (SSSR count). The molecule has 1 amide bonds. The lowest BCUT2D eigenvalue weighted by molar-refractivity contribution is 0.0629. The van der Waals surface area contributed by atoms with Crippen LogP contribution in [0.1, 0.15) is 48.9 Å². The van der Waals surface area contributed by atoms with E-state index in [1.807, 2.05) is 4.90 Å². The first kappa shape index (κ1) is 12.1. The van der Waals surface area contributed by atoms with E-state index in [0.29, 0.717) is 0 Å². The van der Waals surface area contributed by atoms with Gasteiger partial charge in [0.05, 0.1) is 11.8 Å². The van der Waals surface area contributed by atoms with Crippen LogP contribution in [-0.4, -0.2) is 27.9 Å². The van der Waals surface area contributed by atoms with Crippen molar-refractivity contribution in [2.75, 3.05) is 0 Å². The van der Waals surface area contributed by atoms with Crippen LogP contribution in [0.25, 0.3) is 0 Å². The fraction of sp³-hybridized carbons (Fsp3) is 0.500. The number of hydrogen-bond acceptors (Lipinski definition) is 2. The van der Waals surface area contributed by atoms with Crippen molar-refractivity contribution in [1.29, 1.82) is 0 Å². The molecule has 1 saturated carbocycles. The summed E-state index contributed by atoms with van der Waals surface area (Å²) in [6.07, 6.45) is 9.23. The van der Waals surface area contributed by atoms with Crippen molar-refractivity contribution in [1.82, 2.24) is 9.88 Å². The van der Waals surface area contributed by atoms with Crippen molar-refractivity contribution in [3.8, 4) is 0 Å². The Labute approximate surface area is 117 Å². The first-order chi connectivity index (χ1) is 9.74. The minimum absolute atomic E-state index is 0.155. The normalized spacial score (nSPS) is 27.9. The molecule has 2 saturated heterocycles. The monoisotopic (exact) mass is 272 g/mol. The summed E-state index contributed by atoms with van der Waals surface area (Å²) in [7, 11) is 0. The van der Waals surface area contributed by atoms with E-state index in [1.54, 1.807) is 11.1 Å². The van der Waals surface area contributed by atoms with Gasteiger partial charge in [0, 0.05) is 18.3 Å². The van der Waals surface area contributed by atoms with Gasteiger partial charge < -0.3 is 4.90 Å². The summed E-state index contributed by atoms with van der Waals surface area (Å²) in [5.74, 6) is -0.666. The molecule has 2 atom stereocenters. The number of piperidine rings is 1. The maximum absolute atomic E-state index is 13.8. The SMILES string of the molecule is O=C(c1ccncc1F)N1C2CCC1CC(=C1CC1)C2. The Morgan fingerprint density at radius 1 is 1.20 bits per heavy atom. The van der Waals surface area contributed by atoms with Crippen molar-refractivity contribution < 1.29 is 9.18 Å². The summed E-state index contributed by atoms with van der Waals surface area (Å²) < 4.78 is 13.8. The van der Waals surface area contributed by atoms with E-state index in [1.165, 1.54) is 25.1 Å². The molecule has 3 heterocycles. The molecule has 3 aliphatic rings. The Morgan fingerprint density at radius 2 is 1.90 bits per heavy atom. The smallest absolute Gasteiger partial charge is 0.257 e. The third-order valence-electron chi connectivity index (χ3n) is 4.82. The Kier molecular flexibility index (Phi) is 2.65. The fourth-order valence-electron chi connectivity index (χ4n) is 3.74. The van der Waals surface area contributed by atoms with E-state index < -0.39 is 5.82 Å². The fourth-order valence-corrected chi connectivity index (χ4v) is 3.74. The van der Waals surface area contributed by atoms with Crippen molar-refractivity contribution in [3.05, 3.63) is 41.0 Å². The molecule has 0 N–H and O–H groups in total. The number of halogens is 1. The van der Waals surface area contributed by atoms with E-state index in [9.17, 15) is 9.18 Å². The van der Waals surface area contributed by atoms with Gasteiger partial charge >= 0.3 is 0 Å². The zero-order valence-electron chi connectivity index (χ0n) is 11.3. The van der Waals surface area contributed by atoms with Crippen LogP contribution < -0.4 is 0 Å². The first-order valence-corrected chi connectivity index (χ1v) is 7.36. The van der Waals surface area contributed by atoms with Gasteiger partial charge in [0.15, 0.2) is 5.82 Å². The van der Waals surface area contributed by atoms with Gasteiger partial charge in [-0.1, -0.05) is 11.1 Å². The lowest BCUT2D eigenvalue weighted by atomic mass is 9.95. The van der Waals surface area contributed by atoms with Gasteiger partial charge in [0.1, 0.15) is 0 Å². The Balaban J connectivity index is 1.62. The van der Waals surface area contributed by atoms with E-state index in [0.717, 1.165) is 31.9 Å². The maximum Gasteiger partial charge on any atom is 0.257 e. The highest BCUT2D eigenvalue weighted by molar-refractivity contribution is 5.95. The van der Waals surface area contributed by atoms with Crippen molar-refractivity contribution in [2.24, 2.45) is 0 Å². The number of carbonyl (C=O) groups excluding carboxylic acids is 1. The highest BCUT2D eigenvalue weighted by atomic mass is 19.1. The molecule has 20 heavy (non-hydrogen) atoms. The standard InChI is InChI=1S/C16H17FN2O/c17-15-9-18-6-5-14(15)16(20)19-12-3-4-13(19)8-11(7-12)10-1-2-10/h5-6,9,12-13H,1-4,7-8H2.